The number of nitrogens with one attached hydrogen (secondary N) is 1. The van der Waals surface area contributed by atoms with Crippen LogP contribution in [-0.2, 0) is 30.9 Å². The molecule has 4 aromatic rings. The second-order valence-electron chi connectivity index (χ2n) is 9.22. The largest absolute Gasteiger partial charge is 0.485 e. The molecular formula is C29H30N2O4. The molecule has 0 aliphatic heterocycles. The first-order valence-electron chi connectivity index (χ1n) is 12.1. The number of carboxylic acid groups (broad SMARTS) is 1. The molecule has 0 bridgehead atoms. The van der Waals surface area contributed by atoms with E-state index >= 15 is 0 Å². The summed E-state index contributed by atoms with van der Waals surface area (Å²) in [5.41, 5.74) is 11.7. The van der Waals surface area contributed by atoms with Crippen LogP contribution in [0.1, 0.15) is 35.3 Å². The van der Waals surface area contributed by atoms with Gasteiger partial charge in [-0.15, -0.1) is 0 Å². The van der Waals surface area contributed by atoms with E-state index in [9.17, 15) is 9.90 Å². The Kier molecular flexibility index (Phi) is 6.84. The predicted octanol–water partition coefficient (Wildman–Crippen LogP) is 5.26. The molecule has 1 aliphatic rings. The van der Waals surface area contributed by atoms with Crippen LogP contribution in [0.5, 0.6) is 5.75 Å². The lowest BCUT2D eigenvalue weighted by molar-refractivity contribution is -0.136. The van der Waals surface area contributed by atoms with Crippen molar-refractivity contribution in [1.82, 2.24) is 5.32 Å². The molecule has 1 heterocycles. The topological polar surface area (TPSA) is 97.7 Å². The molecule has 0 saturated heterocycles. The van der Waals surface area contributed by atoms with Gasteiger partial charge < -0.3 is 25.3 Å². The zero-order valence-electron chi connectivity index (χ0n) is 19.6. The van der Waals surface area contributed by atoms with Crippen LogP contribution >= 0.6 is 0 Å². The molecule has 1 fully saturated rings. The Balaban J connectivity index is 1.44. The van der Waals surface area contributed by atoms with Crippen molar-refractivity contribution in [3.05, 3.63) is 89.2 Å². The van der Waals surface area contributed by atoms with Gasteiger partial charge >= 0.3 is 5.97 Å². The minimum absolute atomic E-state index is 0.0881. The van der Waals surface area contributed by atoms with E-state index < -0.39 is 5.97 Å². The van der Waals surface area contributed by atoms with E-state index in [1.165, 1.54) is 18.4 Å². The van der Waals surface area contributed by atoms with Crippen molar-refractivity contribution < 1.29 is 19.1 Å². The number of furan rings is 1. The Hall–Kier alpha value is -3.61. The summed E-state index contributed by atoms with van der Waals surface area (Å²) in [4.78, 5) is 11.2. The van der Waals surface area contributed by atoms with Crippen LogP contribution in [0.15, 0.2) is 71.1 Å². The normalized spacial score (nSPS) is 13.3. The molecule has 0 unspecified atom stereocenters. The molecule has 180 valence electrons. The van der Waals surface area contributed by atoms with Gasteiger partial charge in [0, 0.05) is 29.6 Å². The first kappa shape index (κ1) is 23.1. The Morgan fingerprint density at radius 2 is 1.91 bits per heavy atom. The van der Waals surface area contributed by atoms with E-state index in [2.05, 4.69) is 29.6 Å². The van der Waals surface area contributed by atoms with Crippen LogP contribution in [0.25, 0.3) is 22.1 Å². The minimum Gasteiger partial charge on any atom is -0.485 e. The maximum absolute atomic E-state index is 11.2. The number of rotatable bonds is 11. The standard InChI is InChI=1S/C29H30N2O4/c30-15-20-4-3-6-22(10-20)26-12-21(17-31-16-19-8-9-19)11-24-13-25(35-29(24)26)18-34-27-7-2-1-5-23(27)14-28(32)33/h1-7,10-13,19,31H,8-9,14-18,30H2,(H,32,33). The zero-order chi connectivity index (χ0) is 24.2. The Labute approximate surface area is 204 Å². The summed E-state index contributed by atoms with van der Waals surface area (Å²) in [6, 6.07) is 21.8. The van der Waals surface area contributed by atoms with Crippen molar-refractivity contribution in [1.29, 1.82) is 0 Å². The van der Waals surface area contributed by atoms with Crippen molar-refractivity contribution in [3.8, 4) is 16.9 Å². The van der Waals surface area contributed by atoms with E-state index in [1.807, 2.05) is 30.3 Å². The summed E-state index contributed by atoms with van der Waals surface area (Å²) in [6.45, 7) is 2.54. The highest BCUT2D eigenvalue weighted by atomic mass is 16.5. The summed E-state index contributed by atoms with van der Waals surface area (Å²) in [7, 11) is 0. The molecule has 1 aliphatic carbocycles. The first-order valence-corrected chi connectivity index (χ1v) is 12.1. The number of carbonyl (C=O) groups is 1. The quantitative estimate of drug-likeness (QED) is 0.276. The van der Waals surface area contributed by atoms with Crippen molar-refractivity contribution in [2.24, 2.45) is 11.7 Å². The highest BCUT2D eigenvalue weighted by Gasteiger charge is 2.20. The lowest BCUT2D eigenvalue weighted by Gasteiger charge is -2.10. The van der Waals surface area contributed by atoms with Gasteiger partial charge in [-0.05, 0) is 72.3 Å². The highest BCUT2D eigenvalue weighted by Crippen LogP contribution is 2.34. The molecular weight excluding hydrogens is 440 g/mol. The number of hydrogen-bond donors (Lipinski definition) is 3. The third-order valence-corrected chi connectivity index (χ3v) is 6.34. The fourth-order valence-electron chi connectivity index (χ4n) is 4.37. The van der Waals surface area contributed by atoms with Crippen LogP contribution in [-0.4, -0.2) is 17.6 Å². The van der Waals surface area contributed by atoms with E-state index in [0.29, 0.717) is 23.6 Å². The fourth-order valence-corrected chi connectivity index (χ4v) is 4.37. The number of ether oxygens (including phenoxy) is 1. The smallest absolute Gasteiger partial charge is 0.307 e. The average molecular weight is 471 g/mol. The molecule has 5 rings (SSSR count). The lowest BCUT2D eigenvalue weighted by atomic mass is 9.98. The summed E-state index contributed by atoms with van der Waals surface area (Å²) in [6.07, 6.45) is 2.56. The molecule has 0 atom stereocenters. The van der Waals surface area contributed by atoms with Gasteiger partial charge in [-0.2, -0.15) is 0 Å². The van der Waals surface area contributed by atoms with E-state index in [-0.39, 0.29) is 13.0 Å². The molecule has 4 N–H and O–H groups in total. The van der Waals surface area contributed by atoms with Crippen molar-refractivity contribution in [3.63, 3.8) is 0 Å². The monoisotopic (exact) mass is 470 g/mol. The Morgan fingerprint density at radius 3 is 2.71 bits per heavy atom. The lowest BCUT2D eigenvalue weighted by Crippen LogP contribution is -2.16. The van der Waals surface area contributed by atoms with Crippen molar-refractivity contribution in [2.75, 3.05) is 6.54 Å². The zero-order valence-corrected chi connectivity index (χ0v) is 19.6. The SMILES string of the molecule is NCc1cccc(-c2cc(CNCC3CC3)cc3cc(COc4ccccc4CC(=O)O)oc23)c1. The molecule has 6 nitrogen and oxygen atoms in total. The predicted molar refractivity (Wildman–Crippen MR) is 136 cm³/mol. The minimum atomic E-state index is -0.892. The van der Waals surface area contributed by atoms with Gasteiger partial charge in [0.05, 0.1) is 6.42 Å². The number of carboxylic acids is 1. The van der Waals surface area contributed by atoms with E-state index in [1.54, 1.807) is 12.1 Å². The number of benzene rings is 3. The second kappa shape index (κ2) is 10.3. The third kappa shape index (κ3) is 5.73. The maximum atomic E-state index is 11.2. The van der Waals surface area contributed by atoms with E-state index in [4.69, 9.17) is 14.9 Å². The summed E-state index contributed by atoms with van der Waals surface area (Å²) in [5.74, 6) is 1.17. The first-order chi connectivity index (χ1) is 17.1. The van der Waals surface area contributed by atoms with Crippen LogP contribution in [0, 0.1) is 5.92 Å². The molecule has 0 spiro atoms. The molecule has 3 aromatic carbocycles. The molecule has 0 amide bonds. The second-order valence-corrected chi connectivity index (χ2v) is 9.22. The number of nitrogens with two attached hydrogens (primary N) is 1. The van der Waals surface area contributed by atoms with Crippen molar-refractivity contribution >= 4 is 16.9 Å². The summed E-state index contributed by atoms with van der Waals surface area (Å²) in [5, 5.41) is 13.8. The molecule has 1 aromatic heterocycles. The van der Waals surface area contributed by atoms with Crippen LogP contribution in [0.4, 0.5) is 0 Å². The summed E-state index contributed by atoms with van der Waals surface area (Å²) >= 11 is 0. The van der Waals surface area contributed by atoms with Crippen LogP contribution < -0.4 is 15.8 Å². The van der Waals surface area contributed by atoms with Crippen molar-refractivity contribution in [2.45, 2.75) is 39.0 Å². The number of para-hydroxylation sites is 1. The molecule has 35 heavy (non-hydrogen) atoms. The Bertz CT molecular complexity index is 1340. The van der Waals surface area contributed by atoms with Gasteiger partial charge in [0.15, 0.2) is 0 Å². The van der Waals surface area contributed by atoms with E-state index in [0.717, 1.165) is 46.7 Å². The fraction of sp³-hybridized carbons (Fsp3) is 0.276. The van der Waals surface area contributed by atoms with Gasteiger partial charge in [0.25, 0.3) is 0 Å². The highest BCUT2D eigenvalue weighted by molar-refractivity contribution is 5.93. The van der Waals surface area contributed by atoms with Gasteiger partial charge in [0.1, 0.15) is 23.7 Å². The number of hydrogen-bond acceptors (Lipinski definition) is 5. The van der Waals surface area contributed by atoms with Gasteiger partial charge in [-0.3, -0.25) is 4.79 Å². The van der Waals surface area contributed by atoms with Gasteiger partial charge in [-0.1, -0.05) is 36.4 Å². The maximum Gasteiger partial charge on any atom is 0.307 e. The van der Waals surface area contributed by atoms with Crippen LogP contribution in [0.3, 0.4) is 0 Å². The third-order valence-electron chi connectivity index (χ3n) is 6.34. The number of aliphatic carboxylic acids is 1. The average Bonchev–Trinajstić information content (AvgIpc) is 3.59. The molecule has 1 saturated carbocycles. The molecule has 6 heteroatoms. The van der Waals surface area contributed by atoms with Crippen LogP contribution in [0.2, 0.25) is 0 Å². The summed E-state index contributed by atoms with van der Waals surface area (Å²) < 4.78 is 12.3. The molecule has 0 radical (unpaired) electrons. The Morgan fingerprint density at radius 1 is 1.06 bits per heavy atom. The van der Waals surface area contributed by atoms with Gasteiger partial charge in [-0.25, -0.2) is 0 Å². The van der Waals surface area contributed by atoms with Gasteiger partial charge in [0.2, 0.25) is 0 Å². The number of fused-ring (bicyclic) bond motifs is 1.